The number of carbonyl (C=O) groups is 1. The molecule has 4 nitrogen and oxygen atoms in total. The third kappa shape index (κ3) is 3.01. The molecule has 10 atom stereocenters. The maximum absolute atomic E-state index is 12.0. The number of carbonyl (C=O) groups excluding carboxylic acids is 1. The van der Waals surface area contributed by atoms with E-state index in [1.54, 1.807) is 12.2 Å². The molecule has 0 radical (unpaired) electrons. The molecule has 178 valence electrons. The lowest BCUT2D eigenvalue weighted by molar-refractivity contribution is -0.288. The molecule has 4 fully saturated rings. The molecule has 1 aliphatic heterocycles. The van der Waals surface area contributed by atoms with E-state index in [0.717, 1.165) is 18.4 Å². The first kappa shape index (κ1) is 22.8. The van der Waals surface area contributed by atoms with Crippen LogP contribution in [0.5, 0.6) is 0 Å². The Morgan fingerprint density at radius 2 is 1.84 bits per heavy atom. The zero-order valence-electron chi connectivity index (χ0n) is 20.7. The Morgan fingerprint density at radius 3 is 2.50 bits per heavy atom. The van der Waals surface area contributed by atoms with Crippen molar-refractivity contribution in [1.29, 1.82) is 0 Å². The maximum atomic E-state index is 12.0. The molecule has 0 aromatic carbocycles. The summed E-state index contributed by atoms with van der Waals surface area (Å²) in [6.45, 7) is 12.9. The molecule has 1 heterocycles. The minimum Gasteiger partial charge on any atom is -0.392 e. The summed E-state index contributed by atoms with van der Waals surface area (Å²) in [7, 11) is 0. The molecule has 2 N–H and O–H groups in total. The van der Waals surface area contributed by atoms with E-state index in [9.17, 15) is 15.0 Å². The van der Waals surface area contributed by atoms with Gasteiger partial charge in [-0.2, -0.15) is 0 Å². The van der Waals surface area contributed by atoms with Crippen molar-refractivity contribution in [2.45, 2.75) is 103 Å². The van der Waals surface area contributed by atoms with Crippen LogP contribution in [0.2, 0.25) is 0 Å². The average Bonchev–Trinajstić information content (AvgIpc) is 3.02. The maximum Gasteiger partial charge on any atom is 0.178 e. The highest BCUT2D eigenvalue weighted by atomic mass is 16.6. The van der Waals surface area contributed by atoms with Crippen LogP contribution in [0.25, 0.3) is 0 Å². The van der Waals surface area contributed by atoms with Gasteiger partial charge < -0.3 is 14.9 Å². The van der Waals surface area contributed by atoms with E-state index in [1.807, 2.05) is 20.8 Å². The van der Waals surface area contributed by atoms with E-state index in [1.165, 1.54) is 19.3 Å². The minimum absolute atomic E-state index is 0.0667. The van der Waals surface area contributed by atoms with Gasteiger partial charge in [0.25, 0.3) is 0 Å². The second kappa shape index (κ2) is 7.02. The third-order valence-corrected chi connectivity index (χ3v) is 11.2. The standard InChI is InChI=1S/C28H42O4/c1-16(23-15-28(6,32-23)25(2,3)31)19-7-8-20-24-21(10-12-27(19,20)5)26(4)11-9-18(29)13-17(26)14-22(24)30/h9,11,13,16,19-24,30-31H,7-8,10,12,14-15H2,1-6H3. The van der Waals surface area contributed by atoms with Gasteiger partial charge >= 0.3 is 0 Å². The van der Waals surface area contributed by atoms with E-state index >= 15 is 0 Å². The van der Waals surface area contributed by atoms with Gasteiger partial charge in [-0.3, -0.25) is 4.79 Å². The number of aliphatic hydroxyl groups is 2. The lowest BCUT2D eigenvalue weighted by Gasteiger charge is -2.60. The van der Waals surface area contributed by atoms with Crippen molar-refractivity contribution in [3.63, 3.8) is 0 Å². The summed E-state index contributed by atoms with van der Waals surface area (Å²) in [4.78, 5) is 12.0. The number of ether oxygens (including phenoxy) is 1. The highest BCUT2D eigenvalue weighted by molar-refractivity contribution is 6.01. The molecule has 32 heavy (non-hydrogen) atoms. The Morgan fingerprint density at radius 1 is 1.16 bits per heavy atom. The second-order valence-corrected chi connectivity index (χ2v) is 13.0. The van der Waals surface area contributed by atoms with Crippen molar-refractivity contribution >= 4 is 5.78 Å². The van der Waals surface area contributed by atoms with Crippen LogP contribution in [0.3, 0.4) is 0 Å². The number of hydrogen-bond acceptors (Lipinski definition) is 4. The van der Waals surface area contributed by atoms with E-state index < -0.39 is 11.2 Å². The van der Waals surface area contributed by atoms with Crippen LogP contribution in [-0.4, -0.2) is 39.4 Å². The lowest BCUT2D eigenvalue weighted by Crippen LogP contribution is -2.63. The molecule has 0 bridgehead atoms. The first-order valence-electron chi connectivity index (χ1n) is 12.8. The summed E-state index contributed by atoms with van der Waals surface area (Å²) in [6, 6.07) is 0. The van der Waals surface area contributed by atoms with Gasteiger partial charge in [0, 0.05) is 11.8 Å². The van der Waals surface area contributed by atoms with Crippen molar-refractivity contribution in [2.24, 2.45) is 40.4 Å². The van der Waals surface area contributed by atoms with Crippen LogP contribution >= 0.6 is 0 Å². The predicted molar refractivity (Wildman–Crippen MR) is 125 cm³/mol. The summed E-state index contributed by atoms with van der Waals surface area (Å²) in [5.41, 5.74) is -0.0136. The summed E-state index contributed by atoms with van der Waals surface area (Å²) in [5, 5.41) is 21.8. The zero-order chi connectivity index (χ0) is 23.3. The average molecular weight is 443 g/mol. The molecule has 4 heteroatoms. The van der Waals surface area contributed by atoms with Gasteiger partial charge in [-0.05, 0) is 100 Å². The van der Waals surface area contributed by atoms with Crippen molar-refractivity contribution in [3.8, 4) is 0 Å². The van der Waals surface area contributed by atoms with Crippen LogP contribution in [-0.2, 0) is 9.53 Å². The molecule has 0 spiro atoms. The van der Waals surface area contributed by atoms with Crippen molar-refractivity contribution in [3.05, 3.63) is 23.8 Å². The Hall–Kier alpha value is -0.970. The van der Waals surface area contributed by atoms with Gasteiger partial charge in [0.2, 0.25) is 0 Å². The fraction of sp³-hybridized carbons (Fsp3) is 0.821. The van der Waals surface area contributed by atoms with E-state index in [2.05, 4.69) is 26.8 Å². The van der Waals surface area contributed by atoms with Crippen molar-refractivity contribution in [1.82, 2.24) is 0 Å². The van der Waals surface area contributed by atoms with Crippen LogP contribution in [0.15, 0.2) is 23.8 Å². The molecule has 10 unspecified atom stereocenters. The van der Waals surface area contributed by atoms with Crippen LogP contribution in [0.4, 0.5) is 0 Å². The predicted octanol–water partition coefficient (Wildman–Crippen LogP) is 4.84. The number of hydrogen-bond donors (Lipinski definition) is 2. The molecule has 4 aliphatic carbocycles. The topological polar surface area (TPSA) is 66.8 Å². The van der Waals surface area contributed by atoms with Crippen molar-refractivity contribution < 1.29 is 19.7 Å². The SMILES string of the molecule is CC(C1CC(C)(C(C)(C)O)O1)C1CCC2C3C(O)CC4=CC(=O)C=CC4(C)C3CCC12C. The summed E-state index contributed by atoms with van der Waals surface area (Å²) >= 11 is 0. The zero-order valence-corrected chi connectivity index (χ0v) is 20.7. The van der Waals surface area contributed by atoms with Gasteiger partial charge in [0.15, 0.2) is 5.78 Å². The Labute approximate surface area is 193 Å². The molecular weight excluding hydrogens is 400 g/mol. The number of ketones is 1. The van der Waals surface area contributed by atoms with Gasteiger partial charge in [-0.15, -0.1) is 0 Å². The van der Waals surface area contributed by atoms with E-state index in [-0.39, 0.29) is 28.8 Å². The molecule has 5 aliphatic rings. The molecular formula is C28H42O4. The van der Waals surface area contributed by atoms with Crippen molar-refractivity contribution in [2.75, 3.05) is 0 Å². The quantitative estimate of drug-likeness (QED) is 0.657. The van der Waals surface area contributed by atoms with E-state index in [0.29, 0.717) is 36.0 Å². The van der Waals surface area contributed by atoms with Gasteiger partial charge in [-0.1, -0.05) is 32.4 Å². The highest BCUT2D eigenvalue weighted by Gasteiger charge is 2.63. The smallest absolute Gasteiger partial charge is 0.178 e. The Kier molecular flexibility index (Phi) is 5.00. The lowest BCUT2D eigenvalue weighted by atomic mass is 9.46. The molecule has 5 rings (SSSR count). The Bertz CT molecular complexity index is 859. The highest BCUT2D eigenvalue weighted by Crippen LogP contribution is 2.67. The number of fused-ring (bicyclic) bond motifs is 5. The molecule has 3 saturated carbocycles. The van der Waals surface area contributed by atoms with Gasteiger partial charge in [-0.25, -0.2) is 0 Å². The number of rotatable bonds is 3. The fourth-order valence-corrected chi connectivity index (χ4v) is 8.73. The van der Waals surface area contributed by atoms with Gasteiger partial charge in [0.05, 0.1) is 23.4 Å². The largest absolute Gasteiger partial charge is 0.392 e. The summed E-state index contributed by atoms with van der Waals surface area (Å²) in [5.74, 6) is 2.34. The first-order chi connectivity index (χ1) is 14.8. The summed E-state index contributed by atoms with van der Waals surface area (Å²) in [6.07, 6.45) is 11.8. The van der Waals surface area contributed by atoms with E-state index in [4.69, 9.17) is 4.74 Å². The third-order valence-electron chi connectivity index (χ3n) is 11.2. The number of allylic oxidation sites excluding steroid dienone is 3. The van der Waals surface area contributed by atoms with Crippen LogP contribution in [0.1, 0.15) is 80.1 Å². The molecule has 0 aromatic rings. The van der Waals surface area contributed by atoms with Crippen LogP contribution in [0, 0.1) is 40.4 Å². The monoisotopic (exact) mass is 442 g/mol. The fourth-order valence-electron chi connectivity index (χ4n) is 8.73. The van der Waals surface area contributed by atoms with Crippen LogP contribution < -0.4 is 0 Å². The second-order valence-electron chi connectivity index (χ2n) is 13.0. The minimum atomic E-state index is -0.828. The molecule has 0 aromatic heterocycles. The van der Waals surface area contributed by atoms with Gasteiger partial charge in [0.1, 0.15) is 0 Å². The first-order valence-corrected chi connectivity index (χ1v) is 12.8. The Balaban J connectivity index is 1.37. The molecule has 0 amide bonds. The molecule has 1 saturated heterocycles. The summed E-state index contributed by atoms with van der Waals surface area (Å²) < 4.78 is 6.37. The normalized spacial score (nSPS) is 51.2. The number of aliphatic hydroxyl groups excluding tert-OH is 1.